The number of benzene rings is 2. The molecule has 0 radical (unpaired) electrons. The molecule has 2 aromatic rings. The van der Waals surface area contributed by atoms with Gasteiger partial charge >= 0.3 is 5.97 Å². The summed E-state index contributed by atoms with van der Waals surface area (Å²) < 4.78 is 40.8. The summed E-state index contributed by atoms with van der Waals surface area (Å²) in [6.07, 6.45) is 10.7. The maximum Gasteiger partial charge on any atom is 0.329 e. The third-order valence-electron chi connectivity index (χ3n) is 9.88. The minimum Gasteiger partial charge on any atom is -0.497 e. The number of hydrogen-bond acceptors (Lipinski definition) is 9. The molecular weight excluding hydrogens is 662 g/mol. The average Bonchev–Trinajstić information content (AvgIpc) is 3.17. The van der Waals surface area contributed by atoms with E-state index in [9.17, 15) is 9.59 Å². The fourth-order valence-electron chi connectivity index (χ4n) is 7.18. The van der Waals surface area contributed by atoms with E-state index in [0.29, 0.717) is 63.1 Å². The van der Waals surface area contributed by atoms with Gasteiger partial charge in [-0.1, -0.05) is 50.5 Å². The molecule has 1 saturated carbocycles. The lowest BCUT2D eigenvalue weighted by Gasteiger charge is -2.39. The lowest BCUT2D eigenvalue weighted by molar-refractivity contribution is -0.164. The molecule has 1 heterocycles. The summed E-state index contributed by atoms with van der Waals surface area (Å²) in [5.74, 6) is 1.52. The summed E-state index contributed by atoms with van der Waals surface area (Å²) in [5.41, 5.74) is 1.78. The monoisotopic (exact) mass is 721 g/mol. The van der Waals surface area contributed by atoms with Gasteiger partial charge in [-0.15, -0.1) is 13.2 Å². The average molecular weight is 722 g/mol. The molecule has 1 saturated heterocycles. The summed E-state index contributed by atoms with van der Waals surface area (Å²) >= 11 is 0. The number of ether oxygens (including phenoxy) is 7. The van der Waals surface area contributed by atoms with Crippen molar-refractivity contribution in [1.82, 2.24) is 4.90 Å². The van der Waals surface area contributed by atoms with Crippen molar-refractivity contribution in [3.05, 3.63) is 72.8 Å². The molecule has 1 amide bonds. The fraction of sp³-hybridized carbons (Fsp3) is 0.571. The zero-order valence-electron chi connectivity index (χ0n) is 31.6. The number of hydrogen-bond donors (Lipinski definition) is 0. The van der Waals surface area contributed by atoms with Crippen LogP contribution in [0.1, 0.15) is 81.8 Å². The molecule has 4 rings (SSSR count). The van der Waals surface area contributed by atoms with Crippen LogP contribution in [-0.4, -0.2) is 83.2 Å². The SMILES string of the molecule is C=CCOC[C@@H](C)COc1cc([C@@H](C(=O)N2CCCC[C@H]2C(=O)O[C@@H](CC=C)COCc2ccc(OC)cc2)C2CCCCC2)cc(OC)c1OC. The number of nitrogens with zero attached hydrogens (tertiary/aromatic N) is 1. The quantitative estimate of drug-likeness (QED) is 0.0730. The Morgan fingerprint density at radius 2 is 1.58 bits per heavy atom. The van der Waals surface area contributed by atoms with Crippen LogP contribution < -0.4 is 18.9 Å². The molecule has 2 aromatic carbocycles. The van der Waals surface area contributed by atoms with E-state index < -0.39 is 24.0 Å². The van der Waals surface area contributed by atoms with E-state index in [4.69, 9.17) is 33.2 Å². The molecule has 0 bridgehead atoms. The maximum atomic E-state index is 14.9. The number of likely N-dealkylation sites (tertiary alicyclic amines) is 1. The van der Waals surface area contributed by atoms with Gasteiger partial charge in [0, 0.05) is 18.9 Å². The van der Waals surface area contributed by atoms with Crippen molar-refractivity contribution < 1.29 is 42.7 Å². The van der Waals surface area contributed by atoms with Crippen LogP contribution in [0.2, 0.25) is 0 Å². The van der Waals surface area contributed by atoms with Crippen molar-refractivity contribution in [3.8, 4) is 23.0 Å². The molecule has 4 atom stereocenters. The highest BCUT2D eigenvalue weighted by Gasteiger charge is 2.41. The van der Waals surface area contributed by atoms with Crippen LogP contribution in [0.25, 0.3) is 0 Å². The topological polar surface area (TPSA) is 102 Å². The summed E-state index contributed by atoms with van der Waals surface area (Å²) in [5, 5.41) is 0. The van der Waals surface area contributed by atoms with Gasteiger partial charge in [-0.05, 0) is 73.4 Å². The Kier molecular flexibility index (Phi) is 16.8. The van der Waals surface area contributed by atoms with Gasteiger partial charge < -0.3 is 38.1 Å². The second-order valence-corrected chi connectivity index (χ2v) is 13.9. The highest BCUT2D eigenvalue weighted by atomic mass is 16.6. The van der Waals surface area contributed by atoms with Crippen LogP contribution in [0.5, 0.6) is 23.0 Å². The van der Waals surface area contributed by atoms with Gasteiger partial charge in [0.25, 0.3) is 0 Å². The Morgan fingerprint density at radius 1 is 0.846 bits per heavy atom. The first-order chi connectivity index (χ1) is 25.3. The van der Waals surface area contributed by atoms with Crippen molar-refractivity contribution in [1.29, 1.82) is 0 Å². The number of rotatable bonds is 21. The Hall–Kier alpha value is -4.02. The molecule has 10 nitrogen and oxygen atoms in total. The second-order valence-electron chi connectivity index (χ2n) is 13.9. The second kappa shape index (κ2) is 21.5. The van der Waals surface area contributed by atoms with E-state index in [0.717, 1.165) is 61.8 Å². The zero-order valence-corrected chi connectivity index (χ0v) is 31.6. The third-order valence-corrected chi connectivity index (χ3v) is 9.88. The standard InChI is InChI=1S/C42H59NO9/c1-7-14-35(29-50-28-31-18-20-34(46-4)21-19-31)52-42(45)36-17-12-13-22-43(36)41(44)39(32-15-10-9-11-16-32)33-24-37(47-5)40(48-6)38(25-33)51-27-30(3)26-49-23-8-2/h7-8,18-21,24-25,30,32,35-36,39H,1-2,9-17,22-23,26-29H2,3-6H3/t30-,35+,36+,39+/m1/s1. The molecule has 52 heavy (non-hydrogen) atoms. The van der Waals surface area contributed by atoms with Gasteiger partial charge in [-0.2, -0.15) is 0 Å². The Balaban J connectivity index is 1.55. The van der Waals surface area contributed by atoms with Crippen LogP contribution in [0.4, 0.5) is 0 Å². The molecule has 0 unspecified atom stereocenters. The van der Waals surface area contributed by atoms with Crippen LogP contribution in [-0.2, 0) is 30.4 Å². The molecule has 0 aromatic heterocycles. The molecule has 10 heteroatoms. The Labute approximate surface area is 310 Å². The lowest BCUT2D eigenvalue weighted by Crippen LogP contribution is -2.52. The molecule has 2 fully saturated rings. The predicted octanol–water partition coefficient (Wildman–Crippen LogP) is 7.68. The molecule has 1 aliphatic heterocycles. The summed E-state index contributed by atoms with van der Waals surface area (Å²) in [7, 11) is 4.80. The molecule has 0 spiro atoms. The van der Waals surface area contributed by atoms with E-state index in [1.54, 1.807) is 38.4 Å². The fourth-order valence-corrected chi connectivity index (χ4v) is 7.18. The first-order valence-electron chi connectivity index (χ1n) is 18.7. The van der Waals surface area contributed by atoms with Crippen molar-refractivity contribution in [2.24, 2.45) is 11.8 Å². The normalized spacial score (nSPS) is 18.1. The van der Waals surface area contributed by atoms with Crippen molar-refractivity contribution >= 4 is 11.9 Å². The van der Waals surface area contributed by atoms with Crippen molar-refractivity contribution in [2.45, 2.75) is 89.4 Å². The first-order valence-corrected chi connectivity index (χ1v) is 18.7. The number of carbonyl (C=O) groups is 2. The van der Waals surface area contributed by atoms with E-state index in [2.05, 4.69) is 13.2 Å². The summed E-state index contributed by atoms with van der Waals surface area (Å²) in [6, 6.07) is 10.8. The molecule has 2 aliphatic rings. The van der Waals surface area contributed by atoms with Crippen LogP contribution >= 0.6 is 0 Å². The predicted molar refractivity (Wildman–Crippen MR) is 201 cm³/mol. The number of esters is 1. The van der Waals surface area contributed by atoms with E-state index in [1.165, 1.54) is 0 Å². The van der Waals surface area contributed by atoms with E-state index in [-0.39, 0.29) is 24.3 Å². The third kappa shape index (κ3) is 11.5. The minimum absolute atomic E-state index is 0.0612. The van der Waals surface area contributed by atoms with Crippen molar-refractivity contribution in [2.75, 3.05) is 54.3 Å². The number of methoxy groups -OCH3 is 3. The summed E-state index contributed by atoms with van der Waals surface area (Å²) in [4.78, 5) is 30.6. The van der Waals surface area contributed by atoms with Gasteiger partial charge in [0.05, 0.1) is 60.3 Å². The highest BCUT2D eigenvalue weighted by Crippen LogP contribution is 2.45. The zero-order chi connectivity index (χ0) is 37.3. The largest absolute Gasteiger partial charge is 0.497 e. The van der Waals surface area contributed by atoms with Gasteiger partial charge in [0.2, 0.25) is 11.7 Å². The Bertz CT molecular complexity index is 1420. The van der Waals surface area contributed by atoms with E-state index in [1.807, 2.05) is 43.3 Å². The van der Waals surface area contributed by atoms with Crippen LogP contribution in [0.15, 0.2) is 61.7 Å². The smallest absolute Gasteiger partial charge is 0.329 e. The van der Waals surface area contributed by atoms with E-state index >= 15 is 0 Å². The van der Waals surface area contributed by atoms with Gasteiger partial charge in [0.15, 0.2) is 11.5 Å². The molecular formula is C42H59NO9. The maximum absolute atomic E-state index is 14.9. The van der Waals surface area contributed by atoms with Gasteiger partial charge in [-0.25, -0.2) is 4.79 Å². The molecule has 0 N–H and O–H groups in total. The van der Waals surface area contributed by atoms with Crippen LogP contribution in [0.3, 0.4) is 0 Å². The number of carbonyl (C=O) groups excluding carboxylic acids is 2. The van der Waals surface area contributed by atoms with Crippen LogP contribution in [0, 0.1) is 11.8 Å². The van der Waals surface area contributed by atoms with Crippen molar-refractivity contribution in [3.63, 3.8) is 0 Å². The molecule has 286 valence electrons. The summed E-state index contributed by atoms with van der Waals surface area (Å²) in [6.45, 7) is 12.1. The Morgan fingerprint density at radius 3 is 2.25 bits per heavy atom. The molecule has 1 aliphatic carbocycles. The lowest BCUT2D eigenvalue weighted by atomic mass is 9.75. The van der Waals surface area contributed by atoms with Gasteiger partial charge in [-0.3, -0.25) is 4.79 Å². The minimum atomic E-state index is -0.687. The number of amides is 1. The first kappa shape index (κ1) is 40.7. The van der Waals surface area contributed by atoms with Gasteiger partial charge in [0.1, 0.15) is 17.9 Å². The number of piperidine rings is 1. The highest BCUT2D eigenvalue weighted by molar-refractivity contribution is 5.89.